The van der Waals surface area contributed by atoms with Crippen molar-refractivity contribution in [3.63, 3.8) is 0 Å². The quantitative estimate of drug-likeness (QED) is 0.868. The van der Waals surface area contributed by atoms with Gasteiger partial charge < -0.3 is 10.2 Å². The highest BCUT2D eigenvalue weighted by Crippen LogP contribution is 2.38. The first-order chi connectivity index (χ1) is 10.1. The number of benzene rings is 1. The Balaban J connectivity index is 1.85. The minimum absolute atomic E-state index is 0.0849. The van der Waals surface area contributed by atoms with Crippen molar-refractivity contribution < 1.29 is 8.42 Å². The van der Waals surface area contributed by atoms with Crippen molar-refractivity contribution in [1.29, 1.82) is 0 Å². The van der Waals surface area contributed by atoms with Gasteiger partial charge in [0.05, 0.1) is 34.6 Å². The van der Waals surface area contributed by atoms with Crippen LogP contribution in [0.3, 0.4) is 0 Å². The molecule has 1 fully saturated rings. The lowest BCUT2D eigenvalue weighted by molar-refractivity contribution is 0.599. The second kappa shape index (κ2) is 4.59. The summed E-state index contributed by atoms with van der Waals surface area (Å²) in [4.78, 5) is 6.74. The molecule has 4 rings (SSSR count). The lowest BCUT2D eigenvalue weighted by atomic mass is 10.1. The molecule has 0 saturated carbocycles. The molecule has 2 aliphatic rings. The van der Waals surface area contributed by atoms with Crippen molar-refractivity contribution >= 4 is 32.1 Å². The zero-order valence-electron chi connectivity index (χ0n) is 11.6. The number of rotatable bonds is 1. The van der Waals surface area contributed by atoms with E-state index in [1.54, 1.807) is 0 Å². The van der Waals surface area contributed by atoms with Gasteiger partial charge in [-0.1, -0.05) is 18.2 Å². The number of aromatic nitrogens is 1. The van der Waals surface area contributed by atoms with Crippen LogP contribution in [0.5, 0.6) is 0 Å². The number of hydrogen-bond donors (Lipinski definition) is 1. The first-order valence-electron chi connectivity index (χ1n) is 7.23. The van der Waals surface area contributed by atoms with Crippen LogP contribution in [-0.4, -0.2) is 44.0 Å². The third-order valence-corrected chi connectivity index (χ3v) is 6.10. The molecule has 1 aromatic heterocycles. The molecule has 2 aromatic rings. The topological polar surface area (TPSA) is 62.3 Å². The molecule has 3 heterocycles. The molecule has 6 heteroatoms. The fourth-order valence-electron chi connectivity index (χ4n) is 3.37. The lowest BCUT2D eigenvalue weighted by Crippen LogP contribution is -2.42. The van der Waals surface area contributed by atoms with Gasteiger partial charge in [-0.25, -0.2) is 8.42 Å². The Morgan fingerprint density at radius 1 is 1.29 bits per heavy atom. The molecule has 1 atom stereocenters. The summed E-state index contributed by atoms with van der Waals surface area (Å²) in [5.74, 6) is 0.572. The van der Waals surface area contributed by atoms with Crippen LogP contribution in [0.2, 0.25) is 0 Å². The summed E-state index contributed by atoms with van der Waals surface area (Å²) in [7, 11) is -2.88. The highest BCUT2D eigenvalue weighted by molar-refractivity contribution is 7.91. The highest BCUT2D eigenvalue weighted by Gasteiger charge is 2.35. The van der Waals surface area contributed by atoms with Crippen molar-refractivity contribution in [3.8, 4) is 0 Å². The fourth-order valence-corrected chi connectivity index (χ4v) is 5.11. The molecule has 1 unspecified atom stereocenters. The van der Waals surface area contributed by atoms with Gasteiger partial charge in [0.1, 0.15) is 0 Å². The number of para-hydroxylation sites is 1. The Labute approximate surface area is 123 Å². The summed E-state index contributed by atoms with van der Waals surface area (Å²) in [6, 6.07) is 8.12. The zero-order valence-corrected chi connectivity index (χ0v) is 12.4. The first kappa shape index (κ1) is 12.9. The molecule has 0 bridgehead atoms. The Morgan fingerprint density at radius 3 is 2.95 bits per heavy atom. The highest BCUT2D eigenvalue weighted by atomic mass is 32.2. The van der Waals surface area contributed by atoms with Gasteiger partial charge in [0.15, 0.2) is 9.84 Å². The SMILES string of the molecule is O=S1(=O)CCC(N2CCNc3cnc4ccccc4c32)C1. The van der Waals surface area contributed by atoms with Crippen LogP contribution < -0.4 is 10.2 Å². The van der Waals surface area contributed by atoms with Gasteiger partial charge in [0.2, 0.25) is 0 Å². The van der Waals surface area contributed by atoms with E-state index in [9.17, 15) is 8.42 Å². The van der Waals surface area contributed by atoms with Crippen LogP contribution in [0.15, 0.2) is 30.5 Å². The number of nitrogens with one attached hydrogen (secondary N) is 1. The second-order valence-corrected chi connectivity index (χ2v) is 7.94. The summed E-state index contributed by atoms with van der Waals surface area (Å²) >= 11 is 0. The molecule has 0 radical (unpaired) electrons. The van der Waals surface area contributed by atoms with E-state index >= 15 is 0 Å². The van der Waals surface area contributed by atoms with E-state index in [2.05, 4.69) is 21.3 Å². The lowest BCUT2D eigenvalue weighted by Gasteiger charge is -2.36. The van der Waals surface area contributed by atoms with Crippen molar-refractivity contribution in [2.24, 2.45) is 0 Å². The van der Waals surface area contributed by atoms with E-state index < -0.39 is 9.84 Å². The van der Waals surface area contributed by atoms with Gasteiger partial charge >= 0.3 is 0 Å². The maximum absolute atomic E-state index is 11.8. The van der Waals surface area contributed by atoms with Crippen LogP contribution in [0.1, 0.15) is 6.42 Å². The maximum atomic E-state index is 11.8. The molecule has 110 valence electrons. The molecular formula is C15H17N3O2S. The number of hydrogen-bond acceptors (Lipinski definition) is 5. The Bertz CT molecular complexity index is 804. The normalized spacial score (nSPS) is 23.8. The van der Waals surface area contributed by atoms with E-state index in [-0.39, 0.29) is 11.8 Å². The Morgan fingerprint density at radius 2 is 2.14 bits per heavy atom. The number of pyridine rings is 1. The van der Waals surface area contributed by atoms with Crippen LogP contribution in [-0.2, 0) is 9.84 Å². The number of anilines is 2. The maximum Gasteiger partial charge on any atom is 0.152 e. The van der Waals surface area contributed by atoms with Crippen molar-refractivity contribution in [2.75, 3.05) is 34.8 Å². The third kappa shape index (κ3) is 2.14. The van der Waals surface area contributed by atoms with Crippen molar-refractivity contribution in [2.45, 2.75) is 12.5 Å². The van der Waals surface area contributed by atoms with Crippen LogP contribution in [0, 0.1) is 0 Å². The van der Waals surface area contributed by atoms with Gasteiger partial charge in [-0.05, 0) is 12.5 Å². The van der Waals surface area contributed by atoms with Crippen molar-refractivity contribution in [3.05, 3.63) is 30.5 Å². The molecule has 1 aromatic carbocycles. The van der Waals surface area contributed by atoms with Gasteiger partial charge in [-0.2, -0.15) is 0 Å². The molecule has 21 heavy (non-hydrogen) atoms. The third-order valence-electron chi connectivity index (χ3n) is 4.35. The summed E-state index contributed by atoms with van der Waals surface area (Å²) in [5, 5.41) is 4.46. The average Bonchev–Trinajstić information content (AvgIpc) is 2.86. The molecule has 1 saturated heterocycles. The monoisotopic (exact) mass is 303 g/mol. The average molecular weight is 303 g/mol. The van der Waals surface area contributed by atoms with Crippen LogP contribution >= 0.6 is 0 Å². The van der Waals surface area contributed by atoms with E-state index in [0.717, 1.165) is 41.8 Å². The molecule has 2 aliphatic heterocycles. The van der Waals surface area contributed by atoms with E-state index in [0.29, 0.717) is 5.75 Å². The molecule has 0 spiro atoms. The first-order valence-corrected chi connectivity index (χ1v) is 9.05. The summed E-state index contributed by atoms with van der Waals surface area (Å²) in [6.07, 6.45) is 2.58. The fraction of sp³-hybridized carbons (Fsp3) is 0.400. The Hall–Kier alpha value is -1.82. The minimum atomic E-state index is -2.88. The summed E-state index contributed by atoms with van der Waals surface area (Å²) in [5.41, 5.74) is 3.06. The van der Waals surface area contributed by atoms with Gasteiger partial charge in [-0.3, -0.25) is 4.98 Å². The number of fused-ring (bicyclic) bond motifs is 3. The molecule has 0 amide bonds. The standard InChI is InChI=1S/C15H17N3O2S/c19-21(20)8-5-11(10-21)18-7-6-16-14-9-17-13-4-2-1-3-12(13)15(14)18/h1-4,9,11,16H,5-8,10H2. The van der Waals surface area contributed by atoms with Gasteiger partial charge in [0, 0.05) is 24.5 Å². The number of nitrogens with zero attached hydrogens (tertiary/aromatic N) is 2. The predicted octanol–water partition coefficient (Wildman–Crippen LogP) is 1.65. The Kier molecular flexibility index (Phi) is 2.82. The van der Waals surface area contributed by atoms with Crippen LogP contribution in [0.25, 0.3) is 10.9 Å². The van der Waals surface area contributed by atoms with Gasteiger partial charge in [0.25, 0.3) is 0 Å². The smallest absolute Gasteiger partial charge is 0.152 e. The minimum Gasteiger partial charge on any atom is -0.380 e. The molecule has 0 aliphatic carbocycles. The van der Waals surface area contributed by atoms with Gasteiger partial charge in [-0.15, -0.1) is 0 Å². The molecular weight excluding hydrogens is 286 g/mol. The second-order valence-electron chi connectivity index (χ2n) is 5.71. The number of sulfone groups is 1. The van der Waals surface area contributed by atoms with E-state index in [1.807, 2.05) is 24.4 Å². The van der Waals surface area contributed by atoms with Crippen molar-refractivity contribution in [1.82, 2.24) is 4.98 Å². The zero-order chi connectivity index (χ0) is 14.4. The summed E-state index contributed by atoms with van der Waals surface area (Å²) < 4.78 is 23.6. The molecule has 1 N–H and O–H groups in total. The van der Waals surface area contributed by atoms with E-state index in [1.165, 1.54) is 0 Å². The van der Waals surface area contributed by atoms with E-state index in [4.69, 9.17) is 0 Å². The summed E-state index contributed by atoms with van der Waals surface area (Å²) in [6.45, 7) is 1.66. The largest absolute Gasteiger partial charge is 0.380 e. The predicted molar refractivity (Wildman–Crippen MR) is 84.6 cm³/mol. The van der Waals surface area contributed by atoms with Crippen LogP contribution in [0.4, 0.5) is 11.4 Å². The molecule has 5 nitrogen and oxygen atoms in total.